The Kier molecular flexibility index (Phi) is 5.63. The molecule has 0 unspecified atom stereocenters. The summed E-state index contributed by atoms with van der Waals surface area (Å²) in [5.41, 5.74) is 8.14. The van der Waals surface area contributed by atoms with Crippen LogP contribution in [-0.4, -0.2) is 57.3 Å². The van der Waals surface area contributed by atoms with Gasteiger partial charge < -0.3 is 16.0 Å². The van der Waals surface area contributed by atoms with E-state index >= 15 is 0 Å². The molecule has 1 aromatic carbocycles. The molecule has 106 valence electrons. The van der Waals surface area contributed by atoms with Crippen LogP contribution in [0.25, 0.3) is 0 Å². The van der Waals surface area contributed by atoms with E-state index in [0.29, 0.717) is 0 Å². The van der Waals surface area contributed by atoms with Crippen LogP contribution in [0, 0.1) is 6.92 Å². The summed E-state index contributed by atoms with van der Waals surface area (Å²) in [6, 6.07) is 8.85. The number of anilines is 1. The zero-order valence-electron chi connectivity index (χ0n) is 11.9. The van der Waals surface area contributed by atoms with Crippen LogP contribution in [0.1, 0.15) is 5.56 Å². The zero-order valence-corrected chi connectivity index (χ0v) is 11.9. The molecule has 1 heterocycles. The lowest BCUT2D eigenvalue weighted by atomic mass is 10.2. The molecule has 1 aliphatic rings. The van der Waals surface area contributed by atoms with Crippen LogP contribution in [0.3, 0.4) is 0 Å². The van der Waals surface area contributed by atoms with E-state index in [1.54, 1.807) is 0 Å². The average molecular weight is 262 g/mol. The van der Waals surface area contributed by atoms with E-state index in [4.69, 9.17) is 5.73 Å². The normalized spacial score (nSPS) is 16.8. The number of nitrogens with one attached hydrogen (secondary N) is 1. The molecule has 0 amide bonds. The molecule has 2 rings (SSSR count). The molecule has 1 saturated heterocycles. The second-order valence-electron chi connectivity index (χ2n) is 5.20. The van der Waals surface area contributed by atoms with Gasteiger partial charge in [0.1, 0.15) is 0 Å². The highest BCUT2D eigenvalue weighted by Gasteiger charge is 2.16. The van der Waals surface area contributed by atoms with Crippen LogP contribution in [0.5, 0.6) is 0 Å². The van der Waals surface area contributed by atoms with Gasteiger partial charge in [0.15, 0.2) is 0 Å². The number of aryl methyl sites for hydroxylation is 1. The van der Waals surface area contributed by atoms with E-state index in [1.165, 1.54) is 11.3 Å². The highest BCUT2D eigenvalue weighted by molar-refractivity contribution is 5.47. The largest absolute Gasteiger partial charge is 0.369 e. The van der Waals surface area contributed by atoms with Crippen LogP contribution in [0.15, 0.2) is 24.3 Å². The first kappa shape index (κ1) is 14.3. The molecular formula is C15H26N4. The molecule has 4 nitrogen and oxygen atoms in total. The predicted octanol–water partition coefficient (Wildman–Crippen LogP) is 0.665. The van der Waals surface area contributed by atoms with Gasteiger partial charge in [-0.3, -0.25) is 4.90 Å². The van der Waals surface area contributed by atoms with Crippen LogP contribution in [0.4, 0.5) is 5.69 Å². The topological polar surface area (TPSA) is 44.5 Å². The Balaban J connectivity index is 1.71. The van der Waals surface area contributed by atoms with Crippen molar-refractivity contribution >= 4 is 5.69 Å². The van der Waals surface area contributed by atoms with Crippen LogP contribution >= 0.6 is 0 Å². The van der Waals surface area contributed by atoms with Gasteiger partial charge >= 0.3 is 0 Å². The van der Waals surface area contributed by atoms with Crippen LogP contribution < -0.4 is 16.0 Å². The van der Waals surface area contributed by atoms with Crippen molar-refractivity contribution in [3.05, 3.63) is 29.8 Å². The van der Waals surface area contributed by atoms with Crippen molar-refractivity contribution in [2.75, 3.05) is 57.3 Å². The van der Waals surface area contributed by atoms with Crippen molar-refractivity contribution in [2.24, 2.45) is 5.73 Å². The number of rotatable bonds is 6. The van der Waals surface area contributed by atoms with E-state index in [-0.39, 0.29) is 0 Å². The van der Waals surface area contributed by atoms with Gasteiger partial charge in [-0.05, 0) is 19.1 Å². The number of hydrogen-bond acceptors (Lipinski definition) is 4. The minimum absolute atomic E-state index is 0.723. The zero-order chi connectivity index (χ0) is 13.5. The predicted molar refractivity (Wildman–Crippen MR) is 81.8 cm³/mol. The minimum atomic E-state index is 0.723. The van der Waals surface area contributed by atoms with Crippen molar-refractivity contribution in [3.63, 3.8) is 0 Å². The summed E-state index contributed by atoms with van der Waals surface area (Å²) in [5, 5.41) is 3.35. The summed E-state index contributed by atoms with van der Waals surface area (Å²) < 4.78 is 0. The highest BCUT2D eigenvalue weighted by atomic mass is 15.3. The fourth-order valence-corrected chi connectivity index (χ4v) is 2.45. The molecule has 3 N–H and O–H groups in total. The van der Waals surface area contributed by atoms with Crippen molar-refractivity contribution in [1.82, 2.24) is 10.2 Å². The minimum Gasteiger partial charge on any atom is -0.369 e. The molecule has 0 bridgehead atoms. The lowest BCUT2D eigenvalue weighted by Crippen LogP contribution is -2.48. The van der Waals surface area contributed by atoms with E-state index in [1.807, 2.05) is 0 Å². The number of nitrogens with two attached hydrogens (primary N) is 1. The Morgan fingerprint density at radius 2 is 1.74 bits per heavy atom. The Bertz CT molecular complexity index is 355. The van der Waals surface area contributed by atoms with Crippen LogP contribution in [0.2, 0.25) is 0 Å². The summed E-state index contributed by atoms with van der Waals surface area (Å²) in [4.78, 5) is 5.00. The summed E-state index contributed by atoms with van der Waals surface area (Å²) in [5.74, 6) is 0. The molecule has 0 aromatic heterocycles. The van der Waals surface area contributed by atoms with E-state index in [2.05, 4.69) is 46.3 Å². The summed E-state index contributed by atoms with van der Waals surface area (Å²) in [6.45, 7) is 10.5. The average Bonchev–Trinajstić information content (AvgIpc) is 2.45. The van der Waals surface area contributed by atoms with Gasteiger partial charge in [0, 0.05) is 58.0 Å². The van der Waals surface area contributed by atoms with Gasteiger partial charge in [-0.15, -0.1) is 0 Å². The fourth-order valence-electron chi connectivity index (χ4n) is 2.45. The molecule has 0 spiro atoms. The Morgan fingerprint density at radius 1 is 1.05 bits per heavy atom. The summed E-state index contributed by atoms with van der Waals surface area (Å²) >= 11 is 0. The quantitative estimate of drug-likeness (QED) is 0.740. The van der Waals surface area contributed by atoms with E-state index < -0.39 is 0 Å². The second kappa shape index (κ2) is 7.48. The number of piperazine rings is 1. The van der Waals surface area contributed by atoms with Gasteiger partial charge in [-0.25, -0.2) is 0 Å². The first-order valence-corrected chi connectivity index (χ1v) is 7.24. The Labute approximate surface area is 116 Å². The molecule has 0 aliphatic carbocycles. The van der Waals surface area contributed by atoms with E-state index in [0.717, 1.165) is 52.4 Å². The van der Waals surface area contributed by atoms with Gasteiger partial charge in [0.2, 0.25) is 0 Å². The van der Waals surface area contributed by atoms with Crippen molar-refractivity contribution in [2.45, 2.75) is 6.92 Å². The molecule has 1 fully saturated rings. The fraction of sp³-hybridized carbons (Fsp3) is 0.600. The lowest BCUT2D eigenvalue weighted by molar-refractivity contribution is 0.258. The van der Waals surface area contributed by atoms with Gasteiger partial charge in [0.25, 0.3) is 0 Å². The van der Waals surface area contributed by atoms with Crippen molar-refractivity contribution < 1.29 is 0 Å². The molecule has 0 saturated carbocycles. The molecule has 1 aliphatic heterocycles. The first-order chi connectivity index (χ1) is 9.29. The maximum Gasteiger partial charge on any atom is 0.0367 e. The smallest absolute Gasteiger partial charge is 0.0367 e. The summed E-state index contributed by atoms with van der Waals surface area (Å²) in [7, 11) is 0. The SMILES string of the molecule is Cc1ccc(N2CCN(CCNCCN)CC2)cc1. The van der Waals surface area contributed by atoms with Crippen LogP contribution in [-0.2, 0) is 0 Å². The molecule has 19 heavy (non-hydrogen) atoms. The lowest BCUT2D eigenvalue weighted by Gasteiger charge is -2.36. The van der Waals surface area contributed by atoms with E-state index in [9.17, 15) is 0 Å². The standard InChI is InChI=1S/C15H26N4/c1-14-2-4-15(5-3-14)19-12-10-18(11-13-19)9-8-17-7-6-16/h2-5,17H,6-13,16H2,1H3. The molecule has 0 atom stereocenters. The van der Waals surface area contributed by atoms with Gasteiger partial charge in [0.05, 0.1) is 0 Å². The van der Waals surface area contributed by atoms with Crippen molar-refractivity contribution in [1.29, 1.82) is 0 Å². The molecule has 1 aromatic rings. The Morgan fingerprint density at radius 3 is 2.37 bits per heavy atom. The maximum atomic E-state index is 5.46. The summed E-state index contributed by atoms with van der Waals surface area (Å²) in [6.07, 6.45) is 0. The third-order valence-corrected chi connectivity index (χ3v) is 3.70. The first-order valence-electron chi connectivity index (χ1n) is 7.24. The van der Waals surface area contributed by atoms with Gasteiger partial charge in [-0.2, -0.15) is 0 Å². The van der Waals surface area contributed by atoms with Gasteiger partial charge in [-0.1, -0.05) is 17.7 Å². The maximum absolute atomic E-state index is 5.46. The Hall–Kier alpha value is -1.10. The number of hydrogen-bond donors (Lipinski definition) is 2. The monoisotopic (exact) mass is 262 g/mol. The van der Waals surface area contributed by atoms with Crippen molar-refractivity contribution in [3.8, 4) is 0 Å². The highest BCUT2D eigenvalue weighted by Crippen LogP contribution is 2.16. The number of benzene rings is 1. The molecule has 4 heteroatoms. The number of nitrogens with zero attached hydrogens (tertiary/aromatic N) is 2. The second-order valence-corrected chi connectivity index (χ2v) is 5.20. The third kappa shape index (κ3) is 4.49. The molecular weight excluding hydrogens is 236 g/mol. The third-order valence-electron chi connectivity index (χ3n) is 3.70. The molecule has 0 radical (unpaired) electrons.